The third-order valence-electron chi connectivity index (χ3n) is 7.56. The fraction of sp³-hybridized carbons (Fsp3) is 0.630. The van der Waals surface area contributed by atoms with Crippen LogP contribution in [0.2, 0.25) is 0 Å². The minimum atomic E-state index is -0.378. The average Bonchev–Trinajstić information content (AvgIpc) is 3.46. The minimum absolute atomic E-state index is 0.104. The molecule has 212 valence electrons. The van der Waals surface area contributed by atoms with E-state index in [4.69, 9.17) is 4.42 Å². The molecule has 2 bridgehead atoms. The van der Waals surface area contributed by atoms with Crippen LogP contribution >= 0.6 is 0 Å². The summed E-state index contributed by atoms with van der Waals surface area (Å²) in [6, 6.07) is -0.133. The van der Waals surface area contributed by atoms with Gasteiger partial charge in [-0.25, -0.2) is 4.98 Å². The largest absolute Gasteiger partial charge is 0.448 e. The summed E-state index contributed by atoms with van der Waals surface area (Å²) < 4.78 is 6.98. The van der Waals surface area contributed by atoms with E-state index in [-0.39, 0.29) is 61.5 Å². The maximum atomic E-state index is 13.9. The maximum Gasteiger partial charge on any atom is 0.276 e. The van der Waals surface area contributed by atoms with E-state index in [1.165, 1.54) is 16.2 Å². The van der Waals surface area contributed by atoms with Gasteiger partial charge in [0.25, 0.3) is 11.8 Å². The van der Waals surface area contributed by atoms with Crippen LogP contribution in [0.4, 0.5) is 0 Å². The monoisotopic (exact) mass is 541 g/mol. The van der Waals surface area contributed by atoms with Crippen molar-refractivity contribution in [3.05, 3.63) is 34.8 Å². The lowest BCUT2D eigenvalue weighted by atomic mass is 9.89. The number of fused-ring (bicyclic) bond motifs is 1. The van der Waals surface area contributed by atoms with Crippen LogP contribution in [0, 0.1) is 12.8 Å². The van der Waals surface area contributed by atoms with E-state index in [9.17, 15) is 19.2 Å². The molecule has 2 aromatic rings. The maximum absolute atomic E-state index is 13.9. The Kier molecular flexibility index (Phi) is 8.71. The van der Waals surface area contributed by atoms with Crippen molar-refractivity contribution in [1.29, 1.82) is 0 Å². The molecule has 2 aliphatic rings. The van der Waals surface area contributed by atoms with E-state index in [1.54, 1.807) is 18.7 Å². The van der Waals surface area contributed by atoms with Crippen molar-refractivity contribution in [3.8, 4) is 0 Å². The fourth-order valence-electron chi connectivity index (χ4n) is 5.31. The lowest BCUT2D eigenvalue weighted by Gasteiger charge is -2.36. The number of hydrogen-bond donors (Lipinski definition) is 1. The van der Waals surface area contributed by atoms with Gasteiger partial charge in [0.15, 0.2) is 17.8 Å². The van der Waals surface area contributed by atoms with Gasteiger partial charge in [-0.1, -0.05) is 13.8 Å². The van der Waals surface area contributed by atoms with Gasteiger partial charge in [-0.2, -0.15) is 5.10 Å². The van der Waals surface area contributed by atoms with Crippen LogP contribution in [0.5, 0.6) is 0 Å². The van der Waals surface area contributed by atoms with Gasteiger partial charge in [-0.15, -0.1) is 0 Å². The van der Waals surface area contributed by atoms with Gasteiger partial charge in [0.2, 0.25) is 11.8 Å². The molecule has 0 fully saturated rings. The Bertz CT molecular complexity index is 1230. The smallest absolute Gasteiger partial charge is 0.276 e. The molecule has 0 saturated carbocycles. The number of carbonyl (C=O) groups excluding carboxylic acids is 4. The number of rotatable bonds is 4. The number of aryl methyl sites for hydroxylation is 2. The Morgan fingerprint density at radius 2 is 1.97 bits per heavy atom. The third-order valence-corrected chi connectivity index (χ3v) is 7.56. The summed E-state index contributed by atoms with van der Waals surface area (Å²) in [5, 5.41) is 7.33. The topological polar surface area (TPSA) is 134 Å². The highest BCUT2D eigenvalue weighted by Crippen LogP contribution is 2.28. The second kappa shape index (κ2) is 12.0. The number of likely N-dealkylation sites (N-methyl/N-ethyl adjacent to an activating group) is 1. The van der Waals surface area contributed by atoms with Crippen LogP contribution in [0.25, 0.3) is 0 Å². The van der Waals surface area contributed by atoms with Crippen LogP contribution in [0.1, 0.15) is 71.1 Å². The first-order valence-electron chi connectivity index (χ1n) is 13.6. The number of nitrogens with one attached hydrogen (secondary N) is 1. The van der Waals surface area contributed by atoms with E-state index in [2.05, 4.69) is 29.2 Å². The zero-order chi connectivity index (χ0) is 28.3. The highest BCUT2D eigenvalue weighted by molar-refractivity contribution is 5.97. The van der Waals surface area contributed by atoms with Gasteiger partial charge in [0.05, 0.1) is 6.54 Å². The Morgan fingerprint density at radius 1 is 1.21 bits per heavy atom. The fourth-order valence-corrected chi connectivity index (χ4v) is 5.31. The molecular formula is C27H39N7O5. The highest BCUT2D eigenvalue weighted by atomic mass is 16.3. The number of amides is 4. The third kappa shape index (κ3) is 6.31. The van der Waals surface area contributed by atoms with Crippen LogP contribution in [0.3, 0.4) is 0 Å². The van der Waals surface area contributed by atoms with Gasteiger partial charge in [0, 0.05) is 51.0 Å². The van der Waals surface area contributed by atoms with Gasteiger partial charge < -0.3 is 24.4 Å². The second-order valence-electron chi connectivity index (χ2n) is 10.9. The van der Waals surface area contributed by atoms with E-state index < -0.39 is 0 Å². The molecule has 4 amide bonds. The number of carbonyl (C=O) groups is 4. The first kappa shape index (κ1) is 28.3. The van der Waals surface area contributed by atoms with Gasteiger partial charge in [0.1, 0.15) is 12.3 Å². The van der Waals surface area contributed by atoms with E-state index in [0.29, 0.717) is 43.2 Å². The molecule has 0 aromatic carbocycles. The second-order valence-corrected chi connectivity index (χ2v) is 10.9. The van der Waals surface area contributed by atoms with E-state index in [1.807, 2.05) is 11.9 Å². The number of aromatic nitrogens is 3. The molecule has 2 aromatic heterocycles. The summed E-state index contributed by atoms with van der Waals surface area (Å²) in [7, 11) is 3.41. The lowest BCUT2D eigenvalue weighted by Crippen LogP contribution is -2.50. The molecule has 3 heterocycles. The van der Waals surface area contributed by atoms with E-state index >= 15 is 0 Å². The van der Waals surface area contributed by atoms with E-state index in [0.717, 1.165) is 24.1 Å². The number of nitrogens with zero attached hydrogens (tertiary/aromatic N) is 6. The average molecular weight is 542 g/mol. The molecule has 1 unspecified atom stereocenters. The van der Waals surface area contributed by atoms with Crippen molar-refractivity contribution < 1.29 is 23.6 Å². The van der Waals surface area contributed by atoms with Crippen LogP contribution in [-0.4, -0.2) is 98.9 Å². The summed E-state index contributed by atoms with van der Waals surface area (Å²) >= 11 is 0. The van der Waals surface area contributed by atoms with Crippen LogP contribution in [0.15, 0.2) is 10.8 Å². The zero-order valence-electron chi connectivity index (χ0n) is 23.5. The minimum Gasteiger partial charge on any atom is -0.448 e. The van der Waals surface area contributed by atoms with Gasteiger partial charge >= 0.3 is 0 Å². The molecule has 0 saturated heterocycles. The summed E-state index contributed by atoms with van der Waals surface area (Å²) in [4.78, 5) is 62.0. The van der Waals surface area contributed by atoms with Crippen molar-refractivity contribution in [2.75, 3.05) is 39.8 Å². The van der Waals surface area contributed by atoms with Crippen molar-refractivity contribution in [3.63, 3.8) is 0 Å². The molecule has 1 aliphatic heterocycles. The van der Waals surface area contributed by atoms with Crippen LogP contribution in [-0.2, 0) is 29.5 Å². The van der Waals surface area contributed by atoms with Crippen molar-refractivity contribution >= 4 is 23.6 Å². The predicted octanol–water partition coefficient (Wildman–Crippen LogP) is 1.18. The predicted molar refractivity (Wildman–Crippen MR) is 142 cm³/mol. The first-order chi connectivity index (χ1) is 18.6. The zero-order valence-corrected chi connectivity index (χ0v) is 23.5. The van der Waals surface area contributed by atoms with Crippen molar-refractivity contribution in [2.24, 2.45) is 13.0 Å². The Labute approximate surface area is 228 Å². The van der Waals surface area contributed by atoms with Gasteiger partial charge in [-0.05, 0) is 44.9 Å². The van der Waals surface area contributed by atoms with Crippen molar-refractivity contribution in [2.45, 2.75) is 58.9 Å². The molecule has 12 nitrogen and oxygen atoms in total. The molecule has 1 atom stereocenters. The normalized spacial score (nSPS) is 19.6. The lowest BCUT2D eigenvalue weighted by molar-refractivity contribution is -0.134. The summed E-state index contributed by atoms with van der Waals surface area (Å²) in [6.45, 7) is 6.78. The molecule has 1 aliphatic carbocycles. The Morgan fingerprint density at radius 3 is 2.67 bits per heavy atom. The molecule has 0 radical (unpaired) electrons. The quantitative estimate of drug-likeness (QED) is 0.614. The van der Waals surface area contributed by atoms with Crippen LogP contribution < -0.4 is 5.32 Å². The Balaban J connectivity index is 1.69. The number of hydrogen-bond acceptors (Lipinski definition) is 7. The summed E-state index contributed by atoms with van der Waals surface area (Å²) in [5.41, 5.74) is 2.31. The van der Waals surface area contributed by atoms with Crippen molar-refractivity contribution in [1.82, 2.24) is 34.8 Å². The number of oxazole rings is 1. The SMILES string of the molecule is Cc1ocnc1C(=O)N1CCCNC(=O)CN(C)C(=O)c2nn(C)c3c2CC(CC3)N(CCC(C)C)C(=O)C1. The van der Waals surface area contributed by atoms with Gasteiger partial charge in [-0.3, -0.25) is 23.9 Å². The summed E-state index contributed by atoms with van der Waals surface area (Å²) in [6.07, 6.45) is 4.37. The Hall–Kier alpha value is -3.70. The standard InChI is InChI=1S/C27H39N7O5/c1-17(2)9-12-34-19-7-8-21-20(13-19)25(30-32(21)5)26(37)31(4)14-22(35)28-10-6-11-33(15-23(34)36)27(38)24-18(3)39-16-29-24/h16-17,19H,6-15H2,1-5H3,(H,28,35). The molecule has 12 heteroatoms. The molecule has 0 spiro atoms. The molecular weight excluding hydrogens is 502 g/mol. The molecule has 4 rings (SSSR count). The highest BCUT2D eigenvalue weighted by Gasteiger charge is 2.35. The first-order valence-corrected chi connectivity index (χ1v) is 13.6. The summed E-state index contributed by atoms with van der Waals surface area (Å²) in [5.74, 6) is -0.363. The molecule has 1 N–H and O–H groups in total. The molecule has 39 heavy (non-hydrogen) atoms.